The van der Waals surface area contributed by atoms with Gasteiger partial charge in [-0.2, -0.15) is 0 Å². The van der Waals surface area contributed by atoms with Gasteiger partial charge in [-0.1, -0.05) is 30.2 Å². The molecule has 0 atom stereocenters. The van der Waals surface area contributed by atoms with Crippen molar-refractivity contribution in [1.82, 2.24) is 9.80 Å². The van der Waals surface area contributed by atoms with E-state index in [1.165, 1.54) is 43.5 Å². The molecule has 1 amide bonds. The fourth-order valence-electron chi connectivity index (χ4n) is 4.01. The normalized spacial score (nSPS) is 17.2. The number of carbonyl (C=O) groups excluding carboxylic acids is 1. The molecular formula is C24H30N2O3. The van der Waals surface area contributed by atoms with E-state index in [2.05, 4.69) is 23.1 Å². The van der Waals surface area contributed by atoms with Crippen LogP contribution in [-0.2, 0) is 17.9 Å². The lowest BCUT2D eigenvalue weighted by Crippen LogP contribution is -2.36. The Hall–Kier alpha value is -2.53. The second-order valence-electron chi connectivity index (χ2n) is 8.04. The highest BCUT2D eigenvalue weighted by Gasteiger charge is 2.21. The number of carbonyl (C=O) groups is 1. The van der Waals surface area contributed by atoms with Crippen LogP contribution in [0, 0.1) is 6.92 Å². The average Bonchev–Trinajstić information content (AvgIpc) is 2.96. The van der Waals surface area contributed by atoms with Crippen molar-refractivity contribution in [1.29, 1.82) is 0 Å². The first-order chi connectivity index (χ1) is 14.2. The molecule has 2 aliphatic heterocycles. The summed E-state index contributed by atoms with van der Waals surface area (Å²) in [7, 11) is 0. The molecule has 2 aliphatic rings. The molecule has 0 N–H and O–H groups in total. The molecule has 2 heterocycles. The molecule has 4 rings (SSSR count). The van der Waals surface area contributed by atoms with E-state index >= 15 is 0 Å². The monoisotopic (exact) mass is 394 g/mol. The summed E-state index contributed by atoms with van der Waals surface area (Å²) in [6.45, 7) is 7.05. The molecule has 0 aliphatic carbocycles. The van der Waals surface area contributed by atoms with E-state index in [0.717, 1.165) is 23.6 Å². The molecule has 0 bridgehead atoms. The van der Waals surface area contributed by atoms with Crippen LogP contribution in [0.1, 0.15) is 36.0 Å². The number of piperidine rings is 1. The van der Waals surface area contributed by atoms with E-state index < -0.39 is 0 Å². The van der Waals surface area contributed by atoms with Crippen molar-refractivity contribution in [2.45, 2.75) is 39.3 Å². The third kappa shape index (κ3) is 5.30. The van der Waals surface area contributed by atoms with Gasteiger partial charge in [0.2, 0.25) is 0 Å². The van der Waals surface area contributed by atoms with Crippen LogP contribution in [0.3, 0.4) is 0 Å². The number of aryl methyl sites for hydroxylation is 1. The zero-order chi connectivity index (χ0) is 20.1. The fraction of sp³-hybridized carbons (Fsp3) is 0.458. The number of ether oxygens (including phenoxy) is 2. The third-order valence-electron chi connectivity index (χ3n) is 5.70. The highest BCUT2D eigenvalue weighted by atomic mass is 16.5. The Morgan fingerprint density at radius 3 is 2.62 bits per heavy atom. The largest absolute Gasteiger partial charge is 0.491 e. The number of nitrogens with zero attached hydrogens (tertiary/aromatic N) is 2. The highest BCUT2D eigenvalue weighted by molar-refractivity contribution is 5.78. The Bertz CT molecular complexity index is 829. The minimum Gasteiger partial charge on any atom is -0.491 e. The fourth-order valence-corrected chi connectivity index (χ4v) is 4.01. The van der Waals surface area contributed by atoms with Crippen LogP contribution < -0.4 is 9.47 Å². The zero-order valence-electron chi connectivity index (χ0n) is 17.2. The van der Waals surface area contributed by atoms with Gasteiger partial charge in [-0.15, -0.1) is 0 Å². The Balaban J connectivity index is 1.38. The maximum Gasteiger partial charge on any atom is 0.260 e. The minimum atomic E-state index is -0.0107. The van der Waals surface area contributed by atoms with E-state index in [1.54, 1.807) is 0 Å². The van der Waals surface area contributed by atoms with Crippen molar-refractivity contribution in [3.8, 4) is 11.5 Å². The first-order valence-corrected chi connectivity index (χ1v) is 10.6. The average molecular weight is 395 g/mol. The summed E-state index contributed by atoms with van der Waals surface area (Å²) >= 11 is 0. The standard InChI is InChI=1S/C24H30N2O3/c1-19-5-8-22(9-6-19)29-18-24(27)26-13-14-28-23-10-7-20(15-21(23)17-26)16-25-11-3-2-4-12-25/h5-10,15H,2-4,11-14,16-18H2,1H3. The Morgan fingerprint density at radius 1 is 1.03 bits per heavy atom. The van der Waals surface area contributed by atoms with E-state index in [9.17, 15) is 4.79 Å². The summed E-state index contributed by atoms with van der Waals surface area (Å²) in [4.78, 5) is 17.1. The van der Waals surface area contributed by atoms with Gasteiger partial charge in [0, 0.05) is 18.7 Å². The summed E-state index contributed by atoms with van der Waals surface area (Å²) < 4.78 is 11.6. The highest BCUT2D eigenvalue weighted by Crippen LogP contribution is 2.26. The van der Waals surface area contributed by atoms with Gasteiger partial charge in [-0.25, -0.2) is 0 Å². The van der Waals surface area contributed by atoms with Crippen LogP contribution >= 0.6 is 0 Å². The zero-order valence-corrected chi connectivity index (χ0v) is 17.2. The number of rotatable bonds is 5. The lowest BCUT2D eigenvalue weighted by Gasteiger charge is -2.26. The van der Waals surface area contributed by atoms with Gasteiger partial charge in [0.05, 0.1) is 6.54 Å². The summed E-state index contributed by atoms with van der Waals surface area (Å²) in [5, 5.41) is 0. The molecular weight excluding hydrogens is 364 g/mol. The summed E-state index contributed by atoms with van der Waals surface area (Å²) in [5.74, 6) is 1.60. The number of likely N-dealkylation sites (tertiary alicyclic amines) is 1. The number of fused-ring (bicyclic) bond motifs is 1. The number of amides is 1. The molecule has 154 valence electrons. The van der Waals surface area contributed by atoms with Crippen LogP contribution in [0.25, 0.3) is 0 Å². The molecule has 0 spiro atoms. The molecule has 1 saturated heterocycles. The number of hydrogen-bond donors (Lipinski definition) is 0. The topological polar surface area (TPSA) is 42.0 Å². The van der Waals surface area contributed by atoms with Gasteiger partial charge < -0.3 is 14.4 Å². The van der Waals surface area contributed by atoms with Crippen LogP contribution in [-0.4, -0.2) is 48.6 Å². The molecule has 2 aromatic carbocycles. The molecule has 5 heteroatoms. The molecule has 0 radical (unpaired) electrons. The predicted octanol–water partition coefficient (Wildman–Crippen LogP) is 3.78. The van der Waals surface area contributed by atoms with Gasteiger partial charge in [-0.3, -0.25) is 9.69 Å². The lowest BCUT2D eigenvalue weighted by atomic mass is 10.1. The van der Waals surface area contributed by atoms with Gasteiger partial charge in [0.15, 0.2) is 6.61 Å². The second kappa shape index (κ2) is 9.31. The van der Waals surface area contributed by atoms with Crippen LogP contribution in [0.4, 0.5) is 0 Å². The summed E-state index contributed by atoms with van der Waals surface area (Å²) in [6, 6.07) is 14.2. The maximum atomic E-state index is 12.7. The molecule has 29 heavy (non-hydrogen) atoms. The molecule has 5 nitrogen and oxygen atoms in total. The smallest absolute Gasteiger partial charge is 0.260 e. The molecule has 2 aromatic rings. The molecule has 1 fully saturated rings. The van der Waals surface area contributed by atoms with Crippen molar-refractivity contribution in [3.05, 3.63) is 59.2 Å². The molecule has 0 saturated carbocycles. The van der Waals surface area contributed by atoms with Gasteiger partial charge in [-0.05, 0) is 62.7 Å². The van der Waals surface area contributed by atoms with Crippen LogP contribution in [0.15, 0.2) is 42.5 Å². The quantitative estimate of drug-likeness (QED) is 0.774. The van der Waals surface area contributed by atoms with Crippen LogP contribution in [0.2, 0.25) is 0 Å². The molecule has 0 unspecified atom stereocenters. The Morgan fingerprint density at radius 2 is 1.83 bits per heavy atom. The predicted molar refractivity (Wildman–Crippen MR) is 113 cm³/mol. The number of benzene rings is 2. The van der Waals surface area contributed by atoms with Gasteiger partial charge >= 0.3 is 0 Å². The Labute approximate surface area is 173 Å². The van der Waals surface area contributed by atoms with Gasteiger partial charge in [0.25, 0.3) is 5.91 Å². The van der Waals surface area contributed by atoms with E-state index in [1.807, 2.05) is 36.1 Å². The third-order valence-corrected chi connectivity index (χ3v) is 5.70. The second-order valence-corrected chi connectivity index (χ2v) is 8.04. The van der Waals surface area contributed by atoms with Crippen molar-refractivity contribution in [2.75, 3.05) is 32.8 Å². The summed E-state index contributed by atoms with van der Waals surface area (Å²) in [6.07, 6.45) is 3.92. The Kier molecular flexibility index (Phi) is 6.35. The van der Waals surface area contributed by atoms with Crippen LogP contribution in [0.5, 0.6) is 11.5 Å². The van der Waals surface area contributed by atoms with Crippen molar-refractivity contribution in [2.24, 2.45) is 0 Å². The molecule has 0 aromatic heterocycles. The minimum absolute atomic E-state index is 0.0107. The van der Waals surface area contributed by atoms with Crippen molar-refractivity contribution >= 4 is 5.91 Å². The van der Waals surface area contributed by atoms with Gasteiger partial charge in [0.1, 0.15) is 18.1 Å². The first-order valence-electron chi connectivity index (χ1n) is 10.6. The number of hydrogen-bond acceptors (Lipinski definition) is 4. The van der Waals surface area contributed by atoms with E-state index in [0.29, 0.717) is 19.7 Å². The summed E-state index contributed by atoms with van der Waals surface area (Å²) in [5.41, 5.74) is 3.55. The SMILES string of the molecule is Cc1ccc(OCC(=O)N2CCOc3ccc(CN4CCCCC4)cc3C2)cc1. The maximum absolute atomic E-state index is 12.7. The first kappa shape index (κ1) is 19.8. The van der Waals surface area contributed by atoms with E-state index in [4.69, 9.17) is 9.47 Å². The van der Waals surface area contributed by atoms with E-state index in [-0.39, 0.29) is 12.5 Å². The van der Waals surface area contributed by atoms with Crippen molar-refractivity contribution < 1.29 is 14.3 Å². The van der Waals surface area contributed by atoms with Crippen molar-refractivity contribution in [3.63, 3.8) is 0 Å². The lowest BCUT2D eigenvalue weighted by molar-refractivity contribution is -0.134.